The Morgan fingerprint density at radius 3 is 2.69 bits per heavy atom. The summed E-state index contributed by atoms with van der Waals surface area (Å²) in [4.78, 5) is 13.7. The third kappa shape index (κ3) is 2.53. The van der Waals surface area contributed by atoms with E-state index in [9.17, 15) is 4.79 Å². The molecular formula is C11H21NO. The van der Waals surface area contributed by atoms with Crippen molar-refractivity contribution >= 4 is 5.78 Å². The zero-order valence-electron chi connectivity index (χ0n) is 9.05. The van der Waals surface area contributed by atoms with Gasteiger partial charge in [-0.1, -0.05) is 20.3 Å². The van der Waals surface area contributed by atoms with Crippen LogP contribution in [-0.2, 0) is 4.79 Å². The summed E-state index contributed by atoms with van der Waals surface area (Å²) in [6, 6.07) is 0.510. The topological polar surface area (TPSA) is 20.3 Å². The van der Waals surface area contributed by atoms with Crippen LogP contribution in [0.1, 0.15) is 39.5 Å². The fourth-order valence-corrected chi connectivity index (χ4v) is 2.27. The molecule has 2 unspecified atom stereocenters. The van der Waals surface area contributed by atoms with Crippen LogP contribution in [0.4, 0.5) is 0 Å². The van der Waals surface area contributed by atoms with E-state index in [-0.39, 0.29) is 0 Å². The fourth-order valence-electron chi connectivity index (χ4n) is 2.27. The monoisotopic (exact) mass is 183 g/mol. The number of hydrogen-bond acceptors (Lipinski definition) is 2. The highest BCUT2D eigenvalue weighted by atomic mass is 16.1. The van der Waals surface area contributed by atoms with E-state index in [0.29, 0.717) is 11.8 Å². The molecule has 0 saturated heterocycles. The molecule has 13 heavy (non-hydrogen) atoms. The molecule has 2 nitrogen and oxygen atoms in total. The van der Waals surface area contributed by atoms with Gasteiger partial charge in [-0.3, -0.25) is 4.79 Å². The predicted molar refractivity (Wildman–Crippen MR) is 54.7 cm³/mol. The third-order valence-electron chi connectivity index (χ3n) is 3.36. The maximum Gasteiger partial charge on any atom is 0.134 e. The van der Waals surface area contributed by atoms with Gasteiger partial charge in [0.2, 0.25) is 0 Å². The second kappa shape index (κ2) is 4.75. The molecule has 1 saturated carbocycles. The highest BCUT2D eigenvalue weighted by Gasteiger charge is 2.29. The summed E-state index contributed by atoms with van der Waals surface area (Å²) in [5.41, 5.74) is 0. The molecule has 0 N–H and O–H groups in total. The van der Waals surface area contributed by atoms with Crippen molar-refractivity contribution in [3.63, 3.8) is 0 Å². The molecule has 0 amide bonds. The largest absolute Gasteiger partial charge is 0.303 e. The summed E-state index contributed by atoms with van der Waals surface area (Å²) < 4.78 is 0. The Kier molecular flexibility index (Phi) is 3.91. The maximum absolute atomic E-state index is 11.3. The Morgan fingerprint density at radius 1 is 1.46 bits per heavy atom. The Balaban J connectivity index is 2.59. The average Bonchev–Trinajstić information content (AvgIpc) is 2.16. The molecule has 0 bridgehead atoms. The van der Waals surface area contributed by atoms with Crippen molar-refractivity contribution in [3.05, 3.63) is 0 Å². The van der Waals surface area contributed by atoms with Gasteiger partial charge >= 0.3 is 0 Å². The van der Waals surface area contributed by atoms with Crippen LogP contribution in [0.15, 0.2) is 0 Å². The van der Waals surface area contributed by atoms with Gasteiger partial charge in [-0.05, 0) is 25.9 Å². The van der Waals surface area contributed by atoms with Crippen LogP contribution in [0.5, 0.6) is 0 Å². The minimum Gasteiger partial charge on any atom is -0.303 e. The van der Waals surface area contributed by atoms with Crippen molar-refractivity contribution in [2.24, 2.45) is 5.92 Å². The molecule has 1 aliphatic rings. The lowest BCUT2D eigenvalue weighted by Crippen LogP contribution is -2.42. The first-order valence-electron chi connectivity index (χ1n) is 5.41. The quantitative estimate of drug-likeness (QED) is 0.667. The molecule has 0 spiro atoms. The predicted octanol–water partition coefficient (Wildman–Crippen LogP) is 2.09. The van der Waals surface area contributed by atoms with Gasteiger partial charge < -0.3 is 4.90 Å². The second-order valence-corrected chi connectivity index (χ2v) is 4.09. The summed E-state index contributed by atoms with van der Waals surface area (Å²) in [5, 5.41) is 0. The van der Waals surface area contributed by atoms with E-state index in [1.54, 1.807) is 0 Å². The molecule has 1 rings (SSSR count). The third-order valence-corrected chi connectivity index (χ3v) is 3.36. The van der Waals surface area contributed by atoms with Crippen LogP contribution >= 0.6 is 0 Å². The summed E-state index contributed by atoms with van der Waals surface area (Å²) >= 11 is 0. The lowest BCUT2D eigenvalue weighted by molar-refractivity contribution is -0.123. The van der Waals surface area contributed by atoms with Gasteiger partial charge in [0.1, 0.15) is 5.78 Å². The van der Waals surface area contributed by atoms with E-state index in [1.165, 1.54) is 6.42 Å². The van der Waals surface area contributed by atoms with Crippen molar-refractivity contribution < 1.29 is 4.79 Å². The molecule has 0 aromatic carbocycles. The van der Waals surface area contributed by atoms with Gasteiger partial charge in [-0.15, -0.1) is 0 Å². The maximum atomic E-state index is 11.3. The zero-order chi connectivity index (χ0) is 9.84. The van der Waals surface area contributed by atoms with Crippen LogP contribution in [0, 0.1) is 5.92 Å². The van der Waals surface area contributed by atoms with E-state index in [1.807, 2.05) is 0 Å². The second-order valence-electron chi connectivity index (χ2n) is 4.09. The van der Waals surface area contributed by atoms with Crippen molar-refractivity contribution in [1.82, 2.24) is 4.90 Å². The van der Waals surface area contributed by atoms with Gasteiger partial charge in [-0.25, -0.2) is 0 Å². The van der Waals surface area contributed by atoms with Crippen molar-refractivity contribution in [1.29, 1.82) is 0 Å². The van der Waals surface area contributed by atoms with E-state index in [2.05, 4.69) is 25.8 Å². The van der Waals surface area contributed by atoms with Gasteiger partial charge in [0.25, 0.3) is 0 Å². The first-order chi connectivity index (χ1) is 6.19. The number of rotatable bonds is 3. The summed E-state index contributed by atoms with van der Waals surface area (Å²) in [6.45, 7) is 5.44. The molecular weight excluding hydrogens is 162 g/mol. The number of carbonyl (C=O) groups excluding carboxylic acids is 1. The average molecular weight is 183 g/mol. The van der Waals surface area contributed by atoms with Gasteiger partial charge in [-0.2, -0.15) is 0 Å². The number of ketones is 1. The van der Waals surface area contributed by atoms with Crippen LogP contribution in [0.25, 0.3) is 0 Å². The Hall–Kier alpha value is -0.370. The minimum atomic E-state index is 0.454. The molecule has 0 aromatic rings. The van der Waals surface area contributed by atoms with E-state index >= 15 is 0 Å². The van der Waals surface area contributed by atoms with E-state index < -0.39 is 0 Å². The van der Waals surface area contributed by atoms with Crippen LogP contribution in [0.2, 0.25) is 0 Å². The first kappa shape index (κ1) is 10.7. The Labute approximate surface area is 81.3 Å². The standard InChI is InChI=1S/C11H21NO/c1-4-9-6-7-10(13)8-11(9)12(3)5-2/h9,11H,4-8H2,1-3H3. The van der Waals surface area contributed by atoms with Crippen molar-refractivity contribution in [3.8, 4) is 0 Å². The highest BCUT2D eigenvalue weighted by molar-refractivity contribution is 5.79. The van der Waals surface area contributed by atoms with Crippen LogP contribution < -0.4 is 0 Å². The lowest BCUT2D eigenvalue weighted by atomic mass is 9.81. The Bertz CT molecular complexity index is 179. The van der Waals surface area contributed by atoms with E-state index in [0.717, 1.165) is 31.7 Å². The minimum absolute atomic E-state index is 0.454. The molecule has 2 atom stereocenters. The van der Waals surface area contributed by atoms with Crippen LogP contribution in [0.3, 0.4) is 0 Å². The smallest absolute Gasteiger partial charge is 0.134 e. The number of hydrogen-bond donors (Lipinski definition) is 0. The summed E-state index contributed by atoms with van der Waals surface area (Å²) in [6.07, 6.45) is 3.90. The molecule has 76 valence electrons. The summed E-state index contributed by atoms with van der Waals surface area (Å²) in [5.74, 6) is 1.19. The van der Waals surface area contributed by atoms with Gasteiger partial charge in [0.05, 0.1) is 0 Å². The molecule has 0 aliphatic heterocycles. The van der Waals surface area contributed by atoms with Gasteiger partial charge in [0, 0.05) is 18.9 Å². The number of carbonyl (C=O) groups is 1. The lowest BCUT2D eigenvalue weighted by Gasteiger charge is -2.36. The van der Waals surface area contributed by atoms with Crippen LogP contribution in [-0.4, -0.2) is 30.3 Å². The molecule has 0 heterocycles. The fraction of sp³-hybridized carbons (Fsp3) is 0.909. The number of Topliss-reactive ketones (excluding diaryl/α,β-unsaturated/α-hetero) is 1. The van der Waals surface area contributed by atoms with Crippen molar-refractivity contribution in [2.45, 2.75) is 45.6 Å². The molecule has 0 radical (unpaired) electrons. The first-order valence-corrected chi connectivity index (χ1v) is 5.41. The molecule has 1 aliphatic carbocycles. The highest BCUT2D eigenvalue weighted by Crippen LogP contribution is 2.27. The normalized spacial score (nSPS) is 29.7. The molecule has 2 heteroatoms. The number of nitrogens with zero attached hydrogens (tertiary/aromatic N) is 1. The molecule has 1 fully saturated rings. The molecule has 0 aromatic heterocycles. The van der Waals surface area contributed by atoms with Crippen molar-refractivity contribution in [2.75, 3.05) is 13.6 Å². The van der Waals surface area contributed by atoms with E-state index in [4.69, 9.17) is 0 Å². The summed E-state index contributed by atoms with van der Waals surface area (Å²) in [7, 11) is 2.13. The SMILES string of the molecule is CCC1CCC(=O)CC1N(C)CC. The Morgan fingerprint density at radius 2 is 2.15 bits per heavy atom. The zero-order valence-corrected chi connectivity index (χ0v) is 9.05. The van der Waals surface area contributed by atoms with Gasteiger partial charge in [0.15, 0.2) is 0 Å².